The monoisotopic (exact) mass is 550 g/mol. The number of likely N-dealkylation sites (N-methyl/N-ethyl adjacent to an activating group) is 1. The van der Waals surface area contributed by atoms with Gasteiger partial charge in [0.2, 0.25) is 11.8 Å². The van der Waals surface area contributed by atoms with Crippen molar-refractivity contribution in [2.75, 3.05) is 19.4 Å². The van der Waals surface area contributed by atoms with Gasteiger partial charge in [-0.1, -0.05) is 32.9 Å². The van der Waals surface area contributed by atoms with Crippen LogP contribution in [0.1, 0.15) is 49.8 Å². The third kappa shape index (κ3) is 7.43. The summed E-state index contributed by atoms with van der Waals surface area (Å²) in [5, 5.41) is 13.8. The highest BCUT2D eigenvalue weighted by Crippen LogP contribution is 2.25. The highest BCUT2D eigenvalue weighted by atomic mass is 16.4. The third-order valence-corrected chi connectivity index (χ3v) is 6.02. The fraction of sp³-hybridized carbons (Fsp3) is 0.357. The summed E-state index contributed by atoms with van der Waals surface area (Å²) in [6.07, 6.45) is 3.36. The van der Waals surface area contributed by atoms with E-state index in [1.54, 1.807) is 44.4 Å². The Bertz CT molecular complexity index is 1510. The molecule has 3 amide bonds. The van der Waals surface area contributed by atoms with Crippen LogP contribution in [0.2, 0.25) is 0 Å². The smallest absolute Gasteiger partial charge is 0.405 e. The number of rotatable bonds is 10. The van der Waals surface area contributed by atoms with E-state index < -0.39 is 29.0 Å². The number of H-pyrrole nitrogens is 1. The number of nitrogens with zero attached hydrogens (tertiary/aromatic N) is 3. The number of imidazole rings is 1. The molecule has 2 heterocycles. The minimum atomic E-state index is -1.40. The summed E-state index contributed by atoms with van der Waals surface area (Å²) in [5.41, 5.74) is 0.504. The number of benzene rings is 1. The van der Waals surface area contributed by atoms with Gasteiger partial charge in [0.15, 0.2) is 5.78 Å². The fourth-order valence-corrected chi connectivity index (χ4v) is 3.90. The van der Waals surface area contributed by atoms with Crippen molar-refractivity contribution in [3.63, 3.8) is 0 Å². The van der Waals surface area contributed by atoms with Crippen LogP contribution in [0.3, 0.4) is 0 Å². The number of aromatic amines is 1. The molecular formula is C28H34N6O6. The topological polar surface area (TPSA) is 166 Å². The maximum Gasteiger partial charge on any atom is 0.405 e. The molecule has 3 aromatic rings. The second-order valence-electron chi connectivity index (χ2n) is 10.5. The van der Waals surface area contributed by atoms with E-state index in [0.29, 0.717) is 22.4 Å². The SMILES string of the molecule is CN(C)C(=O)/C=C/CCC(NC(=O)O)C(=O)Nc1cccn(Cc2nc3c(C(=O)C(C)(C)C)cccc3[nH]2)c1=O. The first-order chi connectivity index (χ1) is 18.8. The Kier molecular flexibility index (Phi) is 9.25. The maximum absolute atomic E-state index is 13.1. The fourth-order valence-electron chi connectivity index (χ4n) is 3.90. The number of hydrogen-bond donors (Lipinski definition) is 4. The van der Waals surface area contributed by atoms with Crippen molar-refractivity contribution >= 4 is 40.4 Å². The third-order valence-electron chi connectivity index (χ3n) is 6.02. The lowest BCUT2D eigenvalue weighted by Gasteiger charge is -2.16. The first kappa shape index (κ1) is 29.8. The highest BCUT2D eigenvalue weighted by molar-refractivity contribution is 6.08. The molecule has 40 heavy (non-hydrogen) atoms. The van der Waals surface area contributed by atoms with Gasteiger partial charge in [-0.25, -0.2) is 9.78 Å². The van der Waals surface area contributed by atoms with E-state index in [4.69, 9.17) is 0 Å². The van der Waals surface area contributed by atoms with Crippen molar-refractivity contribution in [3.8, 4) is 0 Å². The summed E-state index contributed by atoms with van der Waals surface area (Å²) in [4.78, 5) is 70.9. The van der Waals surface area contributed by atoms with Gasteiger partial charge >= 0.3 is 6.09 Å². The molecule has 0 saturated carbocycles. The summed E-state index contributed by atoms with van der Waals surface area (Å²) in [5.74, 6) is -0.557. The van der Waals surface area contributed by atoms with E-state index in [1.807, 2.05) is 20.8 Å². The number of nitrogens with one attached hydrogen (secondary N) is 3. The summed E-state index contributed by atoms with van der Waals surface area (Å²) >= 11 is 0. The number of pyridine rings is 1. The minimum Gasteiger partial charge on any atom is -0.465 e. The molecule has 0 saturated heterocycles. The van der Waals surface area contributed by atoms with Crippen molar-refractivity contribution in [3.05, 3.63) is 70.4 Å². The largest absolute Gasteiger partial charge is 0.465 e. The number of anilines is 1. The first-order valence-electron chi connectivity index (χ1n) is 12.7. The predicted octanol–water partition coefficient (Wildman–Crippen LogP) is 3.00. The molecule has 1 atom stereocenters. The van der Waals surface area contributed by atoms with Gasteiger partial charge in [0.1, 0.15) is 17.6 Å². The quantitative estimate of drug-likeness (QED) is 0.222. The molecule has 4 N–H and O–H groups in total. The molecule has 0 aliphatic heterocycles. The van der Waals surface area contributed by atoms with Gasteiger partial charge in [-0.05, 0) is 43.2 Å². The molecular weight excluding hydrogens is 516 g/mol. The molecule has 3 rings (SSSR count). The molecule has 212 valence electrons. The van der Waals surface area contributed by atoms with Crippen LogP contribution >= 0.6 is 0 Å². The summed E-state index contributed by atoms with van der Waals surface area (Å²) < 4.78 is 1.34. The second-order valence-corrected chi connectivity index (χ2v) is 10.5. The molecule has 0 spiro atoms. The molecule has 0 fully saturated rings. The zero-order valence-corrected chi connectivity index (χ0v) is 23.1. The van der Waals surface area contributed by atoms with E-state index in [-0.39, 0.29) is 36.8 Å². The van der Waals surface area contributed by atoms with Gasteiger partial charge in [-0.3, -0.25) is 19.2 Å². The van der Waals surface area contributed by atoms with Gasteiger partial charge < -0.3 is 30.2 Å². The number of carbonyl (C=O) groups excluding carboxylic acids is 3. The maximum atomic E-state index is 13.1. The number of carbonyl (C=O) groups is 4. The Labute approximate surface area is 231 Å². The Morgan fingerprint density at radius 2 is 1.88 bits per heavy atom. The van der Waals surface area contributed by atoms with Crippen LogP contribution in [-0.2, 0) is 16.1 Å². The van der Waals surface area contributed by atoms with Crippen LogP contribution in [0.25, 0.3) is 11.0 Å². The summed E-state index contributed by atoms with van der Waals surface area (Å²) in [6, 6.07) is 7.13. The van der Waals surface area contributed by atoms with Crippen molar-refractivity contribution in [1.82, 2.24) is 24.8 Å². The standard InChI is InChI=1S/C28H34N6O6/c1-28(2,3)24(36)17-10-8-12-18-23(17)32-21(29-18)16-34-15-9-13-20(26(34)38)30-25(37)19(31-27(39)40)11-6-7-14-22(35)33(4)5/h7-10,12-15,19,31H,6,11,16H2,1-5H3,(H,29,32)(H,30,37)(H,39,40)/b14-7+. The average molecular weight is 551 g/mol. The molecule has 1 aromatic carbocycles. The zero-order chi connectivity index (χ0) is 29.6. The van der Waals surface area contributed by atoms with Crippen LogP contribution in [0.15, 0.2) is 53.5 Å². The number of carboxylic acid groups (broad SMARTS) is 1. The number of fused-ring (bicyclic) bond motifs is 1. The Morgan fingerprint density at radius 1 is 1.15 bits per heavy atom. The number of amides is 3. The predicted molar refractivity (Wildman–Crippen MR) is 150 cm³/mol. The van der Waals surface area contributed by atoms with Crippen LogP contribution in [0.4, 0.5) is 10.5 Å². The van der Waals surface area contributed by atoms with Gasteiger partial charge in [0.25, 0.3) is 5.56 Å². The average Bonchev–Trinajstić information content (AvgIpc) is 3.29. The lowest BCUT2D eigenvalue weighted by Crippen LogP contribution is -2.44. The summed E-state index contributed by atoms with van der Waals surface area (Å²) in [7, 11) is 3.20. The number of para-hydroxylation sites is 1. The molecule has 0 aliphatic carbocycles. The van der Waals surface area contributed by atoms with Gasteiger partial charge in [-0.15, -0.1) is 0 Å². The number of aromatic nitrogens is 3. The van der Waals surface area contributed by atoms with Crippen LogP contribution < -0.4 is 16.2 Å². The minimum absolute atomic E-state index is 0.0391. The van der Waals surface area contributed by atoms with Gasteiger partial charge in [0, 0.05) is 31.3 Å². The van der Waals surface area contributed by atoms with Gasteiger partial charge in [-0.2, -0.15) is 0 Å². The van der Waals surface area contributed by atoms with Crippen molar-refractivity contribution < 1.29 is 24.3 Å². The Balaban J connectivity index is 1.78. The van der Waals surface area contributed by atoms with Gasteiger partial charge in [0.05, 0.1) is 17.6 Å². The normalized spacial score (nSPS) is 12.3. The number of hydrogen-bond acceptors (Lipinski definition) is 6. The lowest BCUT2D eigenvalue weighted by molar-refractivity contribution is -0.123. The van der Waals surface area contributed by atoms with E-state index in [2.05, 4.69) is 20.6 Å². The van der Waals surface area contributed by atoms with Crippen molar-refractivity contribution in [1.29, 1.82) is 0 Å². The molecule has 1 unspecified atom stereocenters. The molecule has 12 nitrogen and oxygen atoms in total. The van der Waals surface area contributed by atoms with Crippen LogP contribution in [-0.4, -0.2) is 68.4 Å². The number of allylic oxidation sites excluding steroid dienone is 1. The van der Waals surface area contributed by atoms with E-state index in [0.717, 1.165) is 0 Å². The van der Waals surface area contributed by atoms with E-state index in [1.165, 1.54) is 27.8 Å². The molecule has 0 radical (unpaired) electrons. The molecule has 12 heteroatoms. The second kappa shape index (κ2) is 12.4. The Hall–Kier alpha value is -4.74. The van der Waals surface area contributed by atoms with E-state index in [9.17, 15) is 29.1 Å². The Morgan fingerprint density at radius 3 is 2.52 bits per heavy atom. The van der Waals surface area contributed by atoms with E-state index >= 15 is 0 Å². The lowest BCUT2D eigenvalue weighted by atomic mass is 9.86. The molecule has 2 aromatic heterocycles. The molecule has 0 bridgehead atoms. The van der Waals surface area contributed by atoms with Crippen LogP contribution in [0, 0.1) is 5.41 Å². The number of Topliss-reactive ketones (excluding diaryl/α,β-unsaturated/α-hetero) is 1. The first-order valence-corrected chi connectivity index (χ1v) is 12.7. The number of ketones is 1. The van der Waals surface area contributed by atoms with Crippen molar-refractivity contribution in [2.24, 2.45) is 5.41 Å². The summed E-state index contributed by atoms with van der Waals surface area (Å²) in [6.45, 7) is 5.54. The molecule has 0 aliphatic rings. The van der Waals surface area contributed by atoms with Crippen LogP contribution in [0.5, 0.6) is 0 Å². The zero-order valence-electron chi connectivity index (χ0n) is 23.1. The van der Waals surface area contributed by atoms with Crippen molar-refractivity contribution in [2.45, 2.75) is 46.2 Å². The highest BCUT2D eigenvalue weighted by Gasteiger charge is 2.26.